The van der Waals surface area contributed by atoms with Gasteiger partial charge in [-0.2, -0.15) is 0 Å². The predicted octanol–water partition coefficient (Wildman–Crippen LogP) is 3.86. The molecule has 4 rings (SSSR count). The second-order valence-electron chi connectivity index (χ2n) is 7.09. The van der Waals surface area contributed by atoms with Gasteiger partial charge in [-0.3, -0.25) is 13.6 Å². The maximum absolute atomic E-state index is 13.4. The molecule has 0 aliphatic heterocycles. The number of thiol groups is 1. The van der Waals surface area contributed by atoms with Crippen LogP contribution in [0.2, 0.25) is 0 Å². The van der Waals surface area contributed by atoms with E-state index in [1.165, 1.54) is 54.6 Å². The van der Waals surface area contributed by atoms with Crippen LogP contribution in [-0.4, -0.2) is 44.5 Å². The van der Waals surface area contributed by atoms with Crippen LogP contribution in [0.3, 0.4) is 0 Å². The van der Waals surface area contributed by atoms with E-state index in [2.05, 4.69) is 12.8 Å². The normalized spacial score (nSPS) is 10.8. The lowest BCUT2D eigenvalue weighted by Crippen LogP contribution is -2.14. The molecule has 9 heteroatoms. The largest absolute Gasteiger partial charge is 0.508 e. The summed E-state index contributed by atoms with van der Waals surface area (Å²) in [5.74, 6) is -0.393. The fourth-order valence-electron chi connectivity index (χ4n) is 3.60. The lowest BCUT2D eigenvalue weighted by Gasteiger charge is -2.13. The molecule has 0 unspecified atom stereocenters. The summed E-state index contributed by atoms with van der Waals surface area (Å²) in [7, 11) is 2.81. The Morgan fingerprint density at radius 1 is 0.818 bits per heavy atom. The van der Waals surface area contributed by atoms with E-state index in [4.69, 9.17) is 9.47 Å². The van der Waals surface area contributed by atoms with Gasteiger partial charge in [0, 0.05) is 24.5 Å². The Hall–Kier alpha value is -4.11. The lowest BCUT2D eigenvalue weighted by atomic mass is 10.0. The predicted molar refractivity (Wildman–Crippen MR) is 124 cm³/mol. The molecule has 2 aromatic carbocycles. The third-order valence-corrected chi connectivity index (χ3v) is 5.49. The summed E-state index contributed by atoms with van der Waals surface area (Å²) in [5, 5.41) is 19.4. The molecule has 0 fully saturated rings. The highest BCUT2D eigenvalue weighted by Gasteiger charge is 2.25. The summed E-state index contributed by atoms with van der Waals surface area (Å²) in [6.07, 6.45) is 3.25. The fourth-order valence-corrected chi connectivity index (χ4v) is 3.86. The monoisotopic (exact) mass is 464 g/mol. The third kappa shape index (κ3) is 3.94. The molecule has 0 saturated carbocycles. The van der Waals surface area contributed by atoms with Crippen molar-refractivity contribution >= 4 is 24.4 Å². The number of methoxy groups -OCH3 is 2. The topological polar surface area (TPSA) is 103 Å². The van der Waals surface area contributed by atoms with Crippen LogP contribution in [-0.2, 0) is 0 Å². The van der Waals surface area contributed by atoms with E-state index in [0.29, 0.717) is 5.69 Å². The number of ketones is 2. The van der Waals surface area contributed by atoms with Crippen LogP contribution in [0.15, 0.2) is 67.0 Å². The van der Waals surface area contributed by atoms with Crippen molar-refractivity contribution in [2.45, 2.75) is 0 Å². The van der Waals surface area contributed by atoms with Gasteiger partial charge in [-0.05, 0) is 42.5 Å². The van der Waals surface area contributed by atoms with Crippen LogP contribution >= 0.6 is 12.8 Å². The molecule has 2 aromatic heterocycles. The van der Waals surface area contributed by atoms with Gasteiger partial charge in [-0.25, -0.2) is 0 Å². The quantitative estimate of drug-likeness (QED) is 0.284. The highest BCUT2D eigenvalue weighted by molar-refractivity contribution is 7.78. The zero-order chi connectivity index (χ0) is 23.7. The molecular weight excluding hydrogens is 444 g/mol. The SMILES string of the molecule is COc1cc(O)ccc1C(=O)c1c(-n2cccc2C(=O)c2ccc(O)cc2OC)ccn1S. The maximum Gasteiger partial charge on any atom is 0.216 e. The Morgan fingerprint density at radius 2 is 1.39 bits per heavy atom. The first-order valence-electron chi connectivity index (χ1n) is 9.77. The first-order valence-corrected chi connectivity index (χ1v) is 10.2. The summed E-state index contributed by atoms with van der Waals surface area (Å²) >= 11 is 4.38. The standard InChI is InChI=1S/C24H20N2O6S/c1-31-20-12-14(27)5-7-16(20)23(29)19-4-3-10-25(19)18-9-11-26(33)22(18)24(30)17-8-6-15(28)13-21(17)32-2/h3-13,27-28,33H,1-2H3. The van der Waals surface area contributed by atoms with Crippen LogP contribution < -0.4 is 9.47 Å². The number of carbonyl (C=O) groups is 2. The van der Waals surface area contributed by atoms with E-state index in [9.17, 15) is 19.8 Å². The molecule has 0 spiro atoms. The van der Waals surface area contributed by atoms with Gasteiger partial charge in [0.15, 0.2) is 0 Å². The summed E-state index contributed by atoms with van der Waals surface area (Å²) in [6, 6.07) is 13.4. The molecule has 4 aromatic rings. The number of aromatic hydroxyl groups is 2. The Kier molecular flexibility index (Phi) is 5.89. The average Bonchev–Trinajstić information content (AvgIpc) is 3.44. The molecule has 0 amide bonds. The van der Waals surface area contributed by atoms with E-state index < -0.39 is 5.78 Å². The molecule has 0 saturated heterocycles. The molecular formula is C24H20N2O6S. The smallest absolute Gasteiger partial charge is 0.216 e. The van der Waals surface area contributed by atoms with E-state index in [0.717, 1.165) is 0 Å². The number of aromatic nitrogens is 2. The van der Waals surface area contributed by atoms with Gasteiger partial charge in [-0.15, -0.1) is 0 Å². The number of nitrogens with zero attached hydrogens (tertiary/aromatic N) is 2. The lowest BCUT2D eigenvalue weighted by molar-refractivity contribution is 0.101. The minimum Gasteiger partial charge on any atom is -0.508 e. The van der Waals surface area contributed by atoms with E-state index in [-0.39, 0.29) is 51.3 Å². The van der Waals surface area contributed by atoms with Crippen molar-refractivity contribution in [1.29, 1.82) is 0 Å². The number of ether oxygens (including phenoxy) is 2. The molecule has 2 N–H and O–H groups in total. The molecule has 0 atom stereocenters. The van der Waals surface area contributed by atoms with Crippen LogP contribution in [0.1, 0.15) is 32.1 Å². The first-order chi connectivity index (χ1) is 15.8. The molecule has 0 bridgehead atoms. The maximum atomic E-state index is 13.4. The van der Waals surface area contributed by atoms with Gasteiger partial charge < -0.3 is 24.3 Å². The van der Waals surface area contributed by atoms with Crippen molar-refractivity contribution in [2.24, 2.45) is 0 Å². The van der Waals surface area contributed by atoms with Crippen LogP contribution in [0, 0.1) is 0 Å². The average molecular weight is 464 g/mol. The number of carbonyl (C=O) groups excluding carboxylic acids is 2. The molecule has 0 aliphatic rings. The highest BCUT2D eigenvalue weighted by atomic mass is 32.1. The summed E-state index contributed by atoms with van der Waals surface area (Å²) in [6.45, 7) is 0. The Bertz CT molecular complexity index is 1370. The summed E-state index contributed by atoms with van der Waals surface area (Å²) in [5.41, 5.74) is 1.39. The minimum absolute atomic E-state index is 0.0262. The third-order valence-electron chi connectivity index (χ3n) is 5.16. The van der Waals surface area contributed by atoms with Crippen molar-refractivity contribution in [1.82, 2.24) is 8.54 Å². The van der Waals surface area contributed by atoms with Gasteiger partial charge in [0.2, 0.25) is 11.6 Å². The Labute approximate surface area is 194 Å². The molecule has 33 heavy (non-hydrogen) atoms. The van der Waals surface area contributed by atoms with Crippen molar-refractivity contribution in [3.63, 3.8) is 0 Å². The van der Waals surface area contributed by atoms with Crippen LogP contribution in [0.4, 0.5) is 0 Å². The molecule has 168 valence electrons. The van der Waals surface area contributed by atoms with Crippen LogP contribution in [0.5, 0.6) is 23.0 Å². The summed E-state index contributed by atoms with van der Waals surface area (Å²) < 4.78 is 13.5. The molecule has 0 aliphatic carbocycles. The second-order valence-corrected chi connectivity index (χ2v) is 7.52. The van der Waals surface area contributed by atoms with Gasteiger partial charge in [0.05, 0.1) is 36.7 Å². The van der Waals surface area contributed by atoms with Crippen LogP contribution in [0.25, 0.3) is 5.69 Å². The van der Waals surface area contributed by atoms with Crippen molar-refractivity contribution < 1.29 is 29.3 Å². The van der Waals surface area contributed by atoms with Crippen molar-refractivity contribution in [2.75, 3.05) is 14.2 Å². The summed E-state index contributed by atoms with van der Waals surface area (Å²) in [4.78, 5) is 26.8. The van der Waals surface area contributed by atoms with Gasteiger partial charge in [0.1, 0.15) is 28.7 Å². The minimum atomic E-state index is -0.406. The zero-order valence-electron chi connectivity index (χ0n) is 17.7. The number of phenolic OH excluding ortho intramolecular Hbond substituents is 2. The first kappa shape index (κ1) is 22.1. The number of benzene rings is 2. The highest BCUT2D eigenvalue weighted by Crippen LogP contribution is 2.31. The number of hydrogen-bond acceptors (Lipinski definition) is 7. The number of phenols is 2. The van der Waals surface area contributed by atoms with Gasteiger partial charge in [-0.1, -0.05) is 12.8 Å². The zero-order valence-corrected chi connectivity index (χ0v) is 18.6. The Morgan fingerprint density at radius 3 is 1.97 bits per heavy atom. The van der Waals surface area contributed by atoms with Gasteiger partial charge in [0.25, 0.3) is 0 Å². The van der Waals surface area contributed by atoms with E-state index in [1.807, 2.05) is 0 Å². The Balaban J connectivity index is 1.81. The number of rotatable bonds is 7. The van der Waals surface area contributed by atoms with E-state index >= 15 is 0 Å². The molecule has 2 heterocycles. The van der Waals surface area contributed by atoms with Crippen molar-refractivity contribution in [3.05, 3.63) is 89.5 Å². The number of hydrogen-bond donors (Lipinski definition) is 3. The van der Waals surface area contributed by atoms with Gasteiger partial charge >= 0.3 is 0 Å². The fraction of sp³-hybridized carbons (Fsp3) is 0.0833. The van der Waals surface area contributed by atoms with Crippen molar-refractivity contribution in [3.8, 4) is 28.7 Å². The second kappa shape index (κ2) is 8.79. The molecule has 8 nitrogen and oxygen atoms in total. The van der Waals surface area contributed by atoms with E-state index in [1.54, 1.807) is 35.2 Å². The molecule has 0 radical (unpaired) electrons.